The van der Waals surface area contributed by atoms with Gasteiger partial charge >= 0.3 is 5.97 Å². The number of phenolic OH excluding ortho intramolecular Hbond substituents is 1. The van der Waals surface area contributed by atoms with Crippen molar-refractivity contribution >= 4 is 41.4 Å². The van der Waals surface area contributed by atoms with Crippen LogP contribution in [0.4, 0.5) is 0 Å². The maximum atomic E-state index is 12.9. The number of aliphatic hydroxyl groups is 1. The molecule has 1 aromatic carbocycles. The average molecular weight is 528 g/mol. The molecule has 1 aromatic rings. The molecule has 0 aliphatic rings. The van der Waals surface area contributed by atoms with E-state index < -0.39 is 60.4 Å². The molecular formula is C22H33N5O8S. The van der Waals surface area contributed by atoms with E-state index in [2.05, 4.69) is 16.0 Å². The molecule has 0 aromatic heterocycles. The zero-order valence-corrected chi connectivity index (χ0v) is 20.6. The molecule has 13 nitrogen and oxygen atoms in total. The number of thioether (sulfide) groups is 1. The van der Waals surface area contributed by atoms with Crippen molar-refractivity contribution in [2.24, 2.45) is 11.5 Å². The lowest BCUT2D eigenvalue weighted by atomic mass is 10.0. The van der Waals surface area contributed by atoms with Crippen molar-refractivity contribution in [2.45, 2.75) is 49.9 Å². The minimum atomic E-state index is -1.44. The lowest BCUT2D eigenvalue weighted by molar-refractivity contribution is -0.142. The van der Waals surface area contributed by atoms with Gasteiger partial charge in [-0.1, -0.05) is 12.1 Å². The molecule has 0 heterocycles. The van der Waals surface area contributed by atoms with Crippen molar-refractivity contribution < 1.29 is 39.3 Å². The zero-order chi connectivity index (χ0) is 27.3. The van der Waals surface area contributed by atoms with Crippen molar-refractivity contribution in [3.8, 4) is 5.75 Å². The van der Waals surface area contributed by atoms with E-state index in [1.165, 1.54) is 36.0 Å². The summed E-state index contributed by atoms with van der Waals surface area (Å²) in [6.45, 7) is -0.796. The number of carboxylic acids is 1. The Hall–Kier alpha value is -3.36. The topological polar surface area (TPSA) is 234 Å². The third kappa shape index (κ3) is 10.9. The summed E-state index contributed by atoms with van der Waals surface area (Å²) < 4.78 is 0. The quantitative estimate of drug-likeness (QED) is 0.116. The van der Waals surface area contributed by atoms with E-state index in [1.54, 1.807) is 0 Å². The highest BCUT2D eigenvalue weighted by Crippen LogP contribution is 2.12. The Labute approximate surface area is 212 Å². The van der Waals surface area contributed by atoms with Crippen LogP contribution >= 0.6 is 11.8 Å². The Bertz CT molecular complexity index is 914. The first kappa shape index (κ1) is 30.7. The number of rotatable bonds is 16. The summed E-state index contributed by atoms with van der Waals surface area (Å²) in [5.74, 6) is -4.03. The van der Waals surface area contributed by atoms with Crippen LogP contribution < -0.4 is 27.4 Å². The SMILES string of the molecule is CSCCC(N)C(=O)NC(CO)C(=O)NC(CCC(N)=O)C(=O)NC(Cc1ccc(O)cc1)C(=O)O. The van der Waals surface area contributed by atoms with Gasteiger partial charge < -0.3 is 42.7 Å². The predicted molar refractivity (Wildman–Crippen MR) is 132 cm³/mol. The van der Waals surface area contributed by atoms with E-state index in [-0.39, 0.29) is 25.0 Å². The highest BCUT2D eigenvalue weighted by Gasteiger charge is 2.30. The van der Waals surface area contributed by atoms with Crippen LogP contribution in [-0.2, 0) is 30.4 Å². The Morgan fingerprint density at radius 3 is 2.00 bits per heavy atom. The van der Waals surface area contributed by atoms with Gasteiger partial charge in [0.15, 0.2) is 0 Å². The van der Waals surface area contributed by atoms with E-state index in [1.807, 2.05) is 6.26 Å². The lowest BCUT2D eigenvalue weighted by Crippen LogP contribution is -2.58. The molecule has 1 rings (SSSR count). The first-order chi connectivity index (χ1) is 17.0. The molecule has 10 N–H and O–H groups in total. The number of phenols is 1. The summed E-state index contributed by atoms with van der Waals surface area (Å²) in [5.41, 5.74) is 11.4. The van der Waals surface area contributed by atoms with Crippen LogP contribution in [0.3, 0.4) is 0 Å². The molecule has 0 aliphatic heterocycles. The van der Waals surface area contributed by atoms with Crippen LogP contribution in [-0.4, -0.2) is 87.7 Å². The lowest BCUT2D eigenvalue weighted by Gasteiger charge is -2.24. The number of carbonyl (C=O) groups is 5. The van der Waals surface area contributed by atoms with Crippen LogP contribution in [0.1, 0.15) is 24.8 Å². The maximum absolute atomic E-state index is 12.9. The summed E-state index contributed by atoms with van der Waals surface area (Å²) >= 11 is 1.48. The molecule has 0 radical (unpaired) electrons. The fourth-order valence-corrected chi connectivity index (χ4v) is 3.51. The van der Waals surface area contributed by atoms with E-state index in [4.69, 9.17) is 11.5 Å². The first-order valence-corrected chi connectivity index (χ1v) is 12.4. The Kier molecular flexibility index (Phi) is 13.3. The largest absolute Gasteiger partial charge is 0.508 e. The molecule has 200 valence electrons. The fraction of sp³-hybridized carbons (Fsp3) is 0.500. The normalized spacial score (nSPS) is 14.1. The van der Waals surface area contributed by atoms with E-state index >= 15 is 0 Å². The molecule has 4 atom stereocenters. The Balaban J connectivity index is 2.93. The Morgan fingerprint density at radius 1 is 0.917 bits per heavy atom. The van der Waals surface area contributed by atoms with Crippen molar-refractivity contribution in [2.75, 3.05) is 18.6 Å². The average Bonchev–Trinajstić information content (AvgIpc) is 2.83. The molecule has 0 saturated heterocycles. The smallest absolute Gasteiger partial charge is 0.326 e. The van der Waals surface area contributed by atoms with E-state index in [0.717, 1.165) is 0 Å². The second kappa shape index (κ2) is 15.6. The van der Waals surface area contributed by atoms with Gasteiger partial charge in [-0.3, -0.25) is 19.2 Å². The van der Waals surface area contributed by atoms with Gasteiger partial charge in [0.1, 0.15) is 23.9 Å². The number of primary amides is 1. The zero-order valence-electron chi connectivity index (χ0n) is 19.8. The molecular weight excluding hydrogens is 494 g/mol. The number of hydrogen-bond acceptors (Lipinski definition) is 9. The molecule has 4 amide bonds. The van der Waals surface area contributed by atoms with Crippen LogP contribution in [0.5, 0.6) is 5.75 Å². The third-order valence-corrected chi connectivity index (χ3v) is 5.73. The molecule has 0 saturated carbocycles. The molecule has 36 heavy (non-hydrogen) atoms. The number of nitrogens with two attached hydrogens (primary N) is 2. The molecule has 4 unspecified atom stereocenters. The van der Waals surface area contributed by atoms with Gasteiger partial charge in [-0.15, -0.1) is 0 Å². The number of benzene rings is 1. The fourth-order valence-electron chi connectivity index (χ4n) is 3.02. The van der Waals surface area contributed by atoms with Gasteiger partial charge in [-0.05, 0) is 42.5 Å². The number of aromatic hydroxyl groups is 1. The third-order valence-electron chi connectivity index (χ3n) is 5.09. The van der Waals surface area contributed by atoms with Crippen LogP contribution in [0.15, 0.2) is 24.3 Å². The highest BCUT2D eigenvalue weighted by atomic mass is 32.2. The van der Waals surface area contributed by atoms with Crippen molar-refractivity contribution in [1.29, 1.82) is 0 Å². The summed E-state index contributed by atoms with van der Waals surface area (Å²) in [5, 5.41) is 35.4. The molecule has 0 bridgehead atoms. The second-order valence-corrected chi connectivity index (χ2v) is 8.95. The summed E-state index contributed by atoms with van der Waals surface area (Å²) in [7, 11) is 0. The molecule has 14 heteroatoms. The first-order valence-electron chi connectivity index (χ1n) is 11.0. The van der Waals surface area contributed by atoms with Gasteiger partial charge in [0.25, 0.3) is 0 Å². The number of hydrogen-bond donors (Lipinski definition) is 8. The van der Waals surface area contributed by atoms with Gasteiger partial charge in [-0.2, -0.15) is 11.8 Å². The van der Waals surface area contributed by atoms with Gasteiger partial charge in [0, 0.05) is 12.8 Å². The summed E-state index contributed by atoms with van der Waals surface area (Å²) in [6, 6.07) is 0.577. The molecule has 0 fully saturated rings. The number of aliphatic hydroxyl groups excluding tert-OH is 1. The number of aliphatic carboxylic acids is 1. The molecule has 0 spiro atoms. The second-order valence-electron chi connectivity index (χ2n) is 7.97. The van der Waals surface area contributed by atoms with Crippen molar-refractivity contribution in [3.63, 3.8) is 0 Å². The van der Waals surface area contributed by atoms with E-state index in [0.29, 0.717) is 17.7 Å². The number of nitrogens with one attached hydrogen (secondary N) is 3. The number of carboxylic acid groups (broad SMARTS) is 1. The monoisotopic (exact) mass is 527 g/mol. The van der Waals surface area contributed by atoms with Crippen LogP contribution in [0, 0.1) is 0 Å². The van der Waals surface area contributed by atoms with Crippen molar-refractivity contribution in [1.82, 2.24) is 16.0 Å². The van der Waals surface area contributed by atoms with Gasteiger partial charge in [-0.25, -0.2) is 4.79 Å². The van der Waals surface area contributed by atoms with Crippen LogP contribution in [0.2, 0.25) is 0 Å². The van der Waals surface area contributed by atoms with Gasteiger partial charge in [0.2, 0.25) is 23.6 Å². The number of amides is 4. The highest BCUT2D eigenvalue weighted by molar-refractivity contribution is 7.98. The predicted octanol–water partition coefficient (Wildman–Crippen LogP) is -2.19. The maximum Gasteiger partial charge on any atom is 0.326 e. The van der Waals surface area contributed by atoms with Gasteiger partial charge in [0.05, 0.1) is 12.6 Å². The minimum absolute atomic E-state index is 0.0142. The summed E-state index contributed by atoms with van der Waals surface area (Å²) in [4.78, 5) is 60.7. The Morgan fingerprint density at radius 2 is 1.47 bits per heavy atom. The number of carbonyl (C=O) groups excluding carboxylic acids is 4. The molecule has 0 aliphatic carbocycles. The summed E-state index contributed by atoms with van der Waals surface area (Å²) in [6.07, 6.45) is 1.50. The standard InChI is InChI=1S/C22H33N5O8S/c1-36-9-8-14(23)19(31)27-17(11-28)21(33)25-15(6-7-18(24)30)20(32)26-16(22(34)35)10-12-2-4-13(29)5-3-12/h2-5,14-17,28-29H,6-11,23H2,1H3,(H2,24,30)(H,25,33)(H,26,32)(H,27,31)(H,34,35). The minimum Gasteiger partial charge on any atom is -0.508 e. The van der Waals surface area contributed by atoms with Crippen molar-refractivity contribution in [3.05, 3.63) is 29.8 Å². The van der Waals surface area contributed by atoms with E-state index in [9.17, 15) is 39.3 Å². The van der Waals surface area contributed by atoms with Crippen LogP contribution in [0.25, 0.3) is 0 Å².